The fourth-order valence-electron chi connectivity index (χ4n) is 13.8. The molecule has 2 aliphatic rings. The van der Waals surface area contributed by atoms with E-state index in [1.54, 1.807) is 0 Å². The third-order valence-electron chi connectivity index (χ3n) is 17.6. The Labute approximate surface area is 488 Å². The first-order valence-corrected chi connectivity index (χ1v) is 29.1. The molecule has 0 spiro atoms. The molecule has 4 heteroatoms. The van der Waals surface area contributed by atoms with Crippen LogP contribution in [0.25, 0.3) is 105 Å². The average Bonchev–Trinajstić information content (AvgIpc) is 0.970. The lowest BCUT2D eigenvalue weighted by Gasteiger charge is -2.45. The third kappa shape index (κ3) is 7.83. The van der Waals surface area contributed by atoms with Gasteiger partial charge in [0.1, 0.15) is 0 Å². The zero-order valence-electron chi connectivity index (χ0n) is 45.9. The highest BCUT2D eigenvalue weighted by Gasteiger charge is 2.44. The lowest BCUT2D eigenvalue weighted by Crippen LogP contribution is -2.61. The van der Waals surface area contributed by atoms with E-state index in [2.05, 4.69) is 330 Å². The van der Waals surface area contributed by atoms with Crippen molar-refractivity contribution in [2.24, 2.45) is 0 Å². The molecular weight excluding hydrogens is 1010 g/mol. The topological polar surface area (TPSA) is 11.4 Å². The van der Waals surface area contributed by atoms with Crippen molar-refractivity contribution in [3.05, 3.63) is 315 Å². The summed E-state index contributed by atoms with van der Waals surface area (Å²) < 4.78 is 2.41. The molecule has 14 aromatic carbocycles. The van der Waals surface area contributed by atoms with Crippen LogP contribution in [0.3, 0.4) is 0 Å². The molecule has 0 unspecified atom stereocenters. The molecule has 0 fully saturated rings. The van der Waals surface area contributed by atoms with Gasteiger partial charge in [-0.15, -0.1) is 0 Å². The van der Waals surface area contributed by atoms with Gasteiger partial charge in [-0.1, -0.05) is 224 Å². The van der Waals surface area contributed by atoms with Crippen LogP contribution in [0.1, 0.15) is 0 Å². The van der Waals surface area contributed by atoms with Crippen molar-refractivity contribution < 1.29 is 0 Å². The summed E-state index contributed by atoms with van der Waals surface area (Å²) in [5, 5.41) is 7.27. The number of hydrogen-bond acceptors (Lipinski definition) is 2. The standard InChI is InChI=1S/C80H52BN3/c1-6-22-53(23-7-1)62-40-63(54-24-8-2-9-25-54)43-68(42-62)83-76-49-59-32-18-16-30-57(59)47-72(76)81-73-48-58-31-17-19-33-60(58)50-77(73)84(69-44-64(55-26-10-3-11-27-55)41-65(45-69)56-28-12-4-13-29-56)79-52-66(51-78(83)80(79)81)61-38-39-75-71(46-61)70-36-20-21-37-74(70)82(75)67-34-14-5-15-35-67/h1-52H. The highest BCUT2D eigenvalue weighted by atomic mass is 15.2. The summed E-state index contributed by atoms with van der Waals surface area (Å²) in [6, 6.07) is 117. The Kier molecular flexibility index (Phi) is 11.0. The van der Waals surface area contributed by atoms with Gasteiger partial charge in [-0.05, 0) is 185 Å². The van der Waals surface area contributed by atoms with E-state index in [1.165, 1.54) is 93.4 Å². The maximum Gasteiger partial charge on any atom is 0.252 e. The van der Waals surface area contributed by atoms with E-state index in [1.807, 2.05) is 0 Å². The Balaban J connectivity index is 1.01. The summed E-state index contributed by atoms with van der Waals surface area (Å²) in [4.78, 5) is 5.22. The quantitative estimate of drug-likeness (QED) is 0.141. The van der Waals surface area contributed by atoms with Gasteiger partial charge in [0.05, 0.1) is 11.0 Å². The predicted octanol–water partition coefficient (Wildman–Crippen LogP) is 19.5. The Bertz CT molecular complexity index is 4720. The van der Waals surface area contributed by atoms with Gasteiger partial charge in [-0.2, -0.15) is 0 Å². The molecule has 15 aromatic rings. The Morgan fingerprint density at radius 3 is 1.04 bits per heavy atom. The minimum absolute atomic E-state index is 0.126. The van der Waals surface area contributed by atoms with Gasteiger partial charge in [0.25, 0.3) is 6.71 Å². The second-order valence-corrected chi connectivity index (χ2v) is 22.5. The van der Waals surface area contributed by atoms with Crippen molar-refractivity contribution in [1.29, 1.82) is 0 Å². The Morgan fingerprint density at radius 2 is 0.583 bits per heavy atom. The van der Waals surface area contributed by atoms with Crippen LogP contribution in [0.5, 0.6) is 0 Å². The molecule has 0 radical (unpaired) electrons. The number of para-hydroxylation sites is 2. The number of fused-ring (bicyclic) bond motifs is 9. The average molecular weight is 1070 g/mol. The van der Waals surface area contributed by atoms with E-state index in [0.29, 0.717) is 0 Å². The smallest absolute Gasteiger partial charge is 0.252 e. The lowest BCUT2D eigenvalue weighted by molar-refractivity contribution is 1.18. The zero-order chi connectivity index (χ0) is 55.2. The molecule has 1 aromatic heterocycles. The highest BCUT2D eigenvalue weighted by molar-refractivity contribution is 7.00. The number of nitrogens with zero attached hydrogens (tertiary/aromatic N) is 3. The summed E-state index contributed by atoms with van der Waals surface area (Å²) in [7, 11) is 0. The van der Waals surface area contributed by atoms with Crippen molar-refractivity contribution in [3.8, 4) is 61.3 Å². The zero-order valence-corrected chi connectivity index (χ0v) is 45.9. The summed E-state index contributed by atoms with van der Waals surface area (Å²) >= 11 is 0. The molecule has 2 aliphatic heterocycles. The second kappa shape index (κ2) is 19.4. The fourth-order valence-corrected chi connectivity index (χ4v) is 13.8. The van der Waals surface area contributed by atoms with E-state index in [4.69, 9.17) is 0 Å². The number of aromatic nitrogens is 1. The number of anilines is 6. The van der Waals surface area contributed by atoms with Crippen LogP contribution in [-0.2, 0) is 0 Å². The second-order valence-electron chi connectivity index (χ2n) is 22.5. The third-order valence-corrected chi connectivity index (χ3v) is 17.6. The van der Waals surface area contributed by atoms with Crippen LogP contribution < -0.4 is 26.2 Å². The van der Waals surface area contributed by atoms with Crippen LogP contribution in [0.15, 0.2) is 315 Å². The van der Waals surface area contributed by atoms with E-state index in [-0.39, 0.29) is 6.71 Å². The van der Waals surface area contributed by atoms with Gasteiger partial charge in [-0.3, -0.25) is 0 Å². The minimum Gasteiger partial charge on any atom is -0.311 e. The summed E-state index contributed by atoms with van der Waals surface area (Å²) in [6.45, 7) is -0.126. The molecule has 3 nitrogen and oxygen atoms in total. The molecule has 0 atom stereocenters. The normalized spacial score (nSPS) is 12.5. The fraction of sp³-hybridized carbons (Fsp3) is 0. The molecular formula is C80H52BN3. The van der Waals surface area contributed by atoms with Gasteiger partial charge < -0.3 is 14.4 Å². The van der Waals surface area contributed by atoms with Gasteiger partial charge in [0.2, 0.25) is 0 Å². The van der Waals surface area contributed by atoms with Crippen molar-refractivity contribution in [2.75, 3.05) is 9.80 Å². The molecule has 0 bridgehead atoms. The SMILES string of the molecule is c1ccc(-c2cc(-c3ccccc3)cc(N3c4cc5ccccc5cc4B4c5cc6ccccc6cc5N(c5cc(-c6ccccc6)cc(-c6ccccc6)c5)c5cc(-c6ccc7c(c6)c6ccccc6n7-c6ccccc6)cc3c54)c2)cc1. The molecule has 0 amide bonds. The first-order chi connectivity index (χ1) is 41.6. The van der Waals surface area contributed by atoms with Gasteiger partial charge in [-0.25, -0.2) is 0 Å². The summed E-state index contributed by atoms with van der Waals surface area (Å²) in [5.74, 6) is 0. The van der Waals surface area contributed by atoms with Gasteiger partial charge in [0, 0.05) is 50.6 Å². The summed E-state index contributed by atoms with van der Waals surface area (Å²) in [5.41, 5.74) is 25.7. The van der Waals surface area contributed by atoms with E-state index >= 15 is 0 Å². The largest absolute Gasteiger partial charge is 0.311 e. The number of hydrogen-bond donors (Lipinski definition) is 0. The highest BCUT2D eigenvalue weighted by Crippen LogP contribution is 2.50. The lowest BCUT2D eigenvalue weighted by atomic mass is 9.33. The van der Waals surface area contributed by atoms with Crippen LogP contribution in [-0.4, -0.2) is 11.3 Å². The van der Waals surface area contributed by atoms with Crippen molar-refractivity contribution in [2.45, 2.75) is 0 Å². The number of benzene rings is 14. The first-order valence-electron chi connectivity index (χ1n) is 29.1. The monoisotopic (exact) mass is 1070 g/mol. The molecule has 0 saturated carbocycles. The minimum atomic E-state index is -0.126. The predicted molar refractivity (Wildman–Crippen MR) is 357 cm³/mol. The van der Waals surface area contributed by atoms with Gasteiger partial charge in [0.15, 0.2) is 0 Å². The molecule has 3 heterocycles. The molecule has 0 aliphatic carbocycles. The van der Waals surface area contributed by atoms with Gasteiger partial charge >= 0.3 is 0 Å². The van der Waals surface area contributed by atoms with Crippen LogP contribution in [0.4, 0.5) is 34.1 Å². The summed E-state index contributed by atoms with van der Waals surface area (Å²) in [6.07, 6.45) is 0. The van der Waals surface area contributed by atoms with E-state index < -0.39 is 0 Å². The van der Waals surface area contributed by atoms with Crippen molar-refractivity contribution >= 4 is 101 Å². The van der Waals surface area contributed by atoms with Crippen molar-refractivity contribution in [1.82, 2.24) is 4.57 Å². The molecule has 84 heavy (non-hydrogen) atoms. The van der Waals surface area contributed by atoms with Crippen LogP contribution in [0, 0.1) is 0 Å². The maximum atomic E-state index is 2.61. The van der Waals surface area contributed by atoms with Crippen LogP contribution >= 0.6 is 0 Å². The first kappa shape index (κ1) is 47.8. The molecule has 17 rings (SSSR count). The maximum absolute atomic E-state index is 2.61. The Hall–Kier alpha value is -10.9. The molecule has 0 saturated heterocycles. The van der Waals surface area contributed by atoms with Crippen LogP contribution in [0.2, 0.25) is 0 Å². The molecule has 0 N–H and O–H groups in total. The Morgan fingerprint density at radius 1 is 0.214 bits per heavy atom. The van der Waals surface area contributed by atoms with E-state index in [9.17, 15) is 0 Å². The number of rotatable bonds is 8. The van der Waals surface area contributed by atoms with Crippen molar-refractivity contribution in [3.63, 3.8) is 0 Å². The van der Waals surface area contributed by atoms with E-state index in [0.717, 1.165) is 61.8 Å². The molecule has 390 valence electrons.